The third-order valence-corrected chi connectivity index (χ3v) is 4.76. The van der Waals surface area contributed by atoms with Gasteiger partial charge in [-0.15, -0.1) is 0 Å². The van der Waals surface area contributed by atoms with Gasteiger partial charge in [0.2, 0.25) is 0 Å². The van der Waals surface area contributed by atoms with Gasteiger partial charge in [0.25, 0.3) is 5.91 Å². The summed E-state index contributed by atoms with van der Waals surface area (Å²) in [5, 5.41) is 11.2. The lowest BCUT2D eigenvalue weighted by Gasteiger charge is -2.15. The quantitative estimate of drug-likeness (QED) is 0.707. The Kier molecular flexibility index (Phi) is 3.59. The van der Waals surface area contributed by atoms with E-state index in [1.54, 1.807) is 12.1 Å². The topological polar surface area (TPSA) is 57.8 Å². The van der Waals surface area contributed by atoms with E-state index >= 15 is 0 Å². The van der Waals surface area contributed by atoms with Crippen LogP contribution in [0.3, 0.4) is 0 Å². The molecule has 2 N–H and O–H groups in total. The van der Waals surface area contributed by atoms with E-state index in [0.29, 0.717) is 15.7 Å². The van der Waals surface area contributed by atoms with Gasteiger partial charge < -0.3 is 5.32 Å². The van der Waals surface area contributed by atoms with E-state index in [4.69, 9.17) is 23.2 Å². The third kappa shape index (κ3) is 2.39. The minimum atomic E-state index is -0.354. The van der Waals surface area contributed by atoms with Gasteiger partial charge >= 0.3 is 0 Å². The number of aromatic nitrogens is 2. The van der Waals surface area contributed by atoms with Crippen molar-refractivity contribution in [1.82, 2.24) is 15.5 Å². The highest BCUT2D eigenvalue weighted by molar-refractivity contribution is 6.35. The van der Waals surface area contributed by atoms with Crippen LogP contribution in [0.15, 0.2) is 42.5 Å². The van der Waals surface area contributed by atoms with Gasteiger partial charge in [0.1, 0.15) is 5.69 Å². The number of halogens is 2. The highest BCUT2D eigenvalue weighted by atomic mass is 35.5. The molecule has 6 heteroatoms. The van der Waals surface area contributed by atoms with E-state index in [-0.39, 0.29) is 11.9 Å². The van der Waals surface area contributed by atoms with Gasteiger partial charge in [-0.1, -0.05) is 59.1 Å². The standard InChI is InChI=1S/C18H13Cl2N3O/c1-9-2-4-10(5-3-9)15-14-16(21-18(24)17(14)23-22-15)12-7-6-11(19)8-13(12)20/h2-8,16H,1H3,(H,21,24)(H,22,23)/t16-/m1/s1. The summed E-state index contributed by atoms with van der Waals surface area (Å²) in [4.78, 5) is 12.3. The molecular weight excluding hydrogens is 345 g/mol. The third-order valence-electron chi connectivity index (χ3n) is 4.19. The fourth-order valence-electron chi connectivity index (χ4n) is 2.98. The van der Waals surface area contributed by atoms with E-state index < -0.39 is 0 Å². The Morgan fingerprint density at radius 3 is 2.54 bits per heavy atom. The average molecular weight is 358 g/mol. The van der Waals surface area contributed by atoms with Crippen LogP contribution in [0.5, 0.6) is 0 Å². The Morgan fingerprint density at radius 2 is 1.83 bits per heavy atom. The van der Waals surface area contributed by atoms with E-state index in [2.05, 4.69) is 15.5 Å². The highest BCUT2D eigenvalue weighted by Gasteiger charge is 2.36. The van der Waals surface area contributed by atoms with Crippen molar-refractivity contribution in [2.75, 3.05) is 0 Å². The Morgan fingerprint density at radius 1 is 1.08 bits per heavy atom. The second-order valence-corrected chi connectivity index (χ2v) is 6.64. The van der Waals surface area contributed by atoms with Crippen molar-refractivity contribution in [3.63, 3.8) is 0 Å². The maximum Gasteiger partial charge on any atom is 0.270 e. The molecule has 1 aliphatic rings. The maximum absolute atomic E-state index is 12.3. The number of aryl methyl sites for hydroxylation is 1. The van der Waals surface area contributed by atoms with Crippen LogP contribution in [-0.4, -0.2) is 16.1 Å². The molecule has 120 valence electrons. The summed E-state index contributed by atoms with van der Waals surface area (Å²) in [6, 6.07) is 12.9. The van der Waals surface area contributed by atoms with Gasteiger partial charge in [-0.3, -0.25) is 9.89 Å². The molecule has 0 radical (unpaired) electrons. The van der Waals surface area contributed by atoms with Gasteiger partial charge in [-0.25, -0.2) is 0 Å². The Bertz CT molecular complexity index is 947. The highest BCUT2D eigenvalue weighted by Crippen LogP contribution is 2.39. The van der Waals surface area contributed by atoms with Crippen molar-refractivity contribution in [2.45, 2.75) is 13.0 Å². The van der Waals surface area contributed by atoms with Crippen LogP contribution < -0.4 is 5.32 Å². The molecule has 1 atom stereocenters. The Balaban J connectivity index is 1.87. The number of nitrogens with zero attached hydrogens (tertiary/aromatic N) is 1. The molecule has 1 aliphatic heterocycles. The van der Waals surface area contributed by atoms with Crippen LogP contribution in [-0.2, 0) is 0 Å². The minimum Gasteiger partial charge on any atom is -0.340 e. The number of benzene rings is 2. The number of amides is 1. The SMILES string of the molecule is Cc1ccc(-c2n[nH]c3c2[C@@H](c2ccc(Cl)cc2Cl)NC3=O)cc1. The number of H-pyrrole nitrogens is 1. The van der Waals surface area contributed by atoms with Crippen LogP contribution in [0, 0.1) is 6.92 Å². The van der Waals surface area contributed by atoms with Gasteiger partial charge in [0, 0.05) is 21.2 Å². The predicted octanol–water partition coefficient (Wildman–Crippen LogP) is 4.52. The van der Waals surface area contributed by atoms with Crippen molar-refractivity contribution in [3.05, 3.63) is 74.9 Å². The summed E-state index contributed by atoms with van der Waals surface area (Å²) in [6.07, 6.45) is 0. The molecule has 2 heterocycles. The van der Waals surface area contributed by atoms with Crippen LogP contribution in [0.4, 0.5) is 0 Å². The number of fused-ring (bicyclic) bond motifs is 1. The Labute approximate surface area is 148 Å². The number of hydrogen-bond donors (Lipinski definition) is 2. The summed E-state index contributed by atoms with van der Waals surface area (Å²) in [7, 11) is 0. The average Bonchev–Trinajstić information content (AvgIpc) is 3.10. The molecule has 0 spiro atoms. The molecule has 1 amide bonds. The number of rotatable bonds is 2. The van der Waals surface area contributed by atoms with E-state index in [9.17, 15) is 4.79 Å². The molecule has 0 aliphatic carbocycles. The number of nitrogens with one attached hydrogen (secondary N) is 2. The van der Waals surface area contributed by atoms with Crippen LogP contribution in [0.25, 0.3) is 11.3 Å². The fraction of sp³-hybridized carbons (Fsp3) is 0.111. The number of carbonyl (C=O) groups is 1. The molecule has 3 aromatic rings. The fourth-order valence-corrected chi connectivity index (χ4v) is 3.50. The van der Waals surface area contributed by atoms with Crippen molar-refractivity contribution < 1.29 is 4.79 Å². The minimum absolute atomic E-state index is 0.188. The molecule has 4 nitrogen and oxygen atoms in total. The molecule has 0 saturated heterocycles. The second kappa shape index (κ2) is 5.65. The van der Waals surface area contributed by atoms with Gasteiger partial charge in [0.05, 0.1) is 11.7 Å². The smallest absolute Gasteiger partial charge is 0.270 e. The predicted molar refractivity (Wildman–Crippen MR) is 94.5 cm³/mol. The van der Waals surface area contributed by atoms with Crippen LogP contribution in [0.2, 0.25) is 10.0 Å². The van der Waals surface area contributed by atoms with Crippen molar-refractivity contribution in [2.24, 2.45) is 0 Å². The largest absolute Gasteiger partial charge is 0.340 e. The first-order valence-corrected chi connectivity index (χ1v) is 8.21. The monoisotopic (exact) mass is 357 g/mol. The number of aromatic amines is 1. The van der Waals surface area contributed by atoms with Crippen LogP contribution in [0.1, 0.15) is 33.2 Å². The first-order chi connectivity index (χ1) is 11.5. The zero-order valence-electron chi connectivity index (χ0n) is 12.7. The summed E-state index contributed by atoms with van der Waals surface area (Å²) in [6.45, 7) is 2.03. The second-order valence-electron chi connectivity index (χ2n) is 5.80. The van der Waals surface area contributed by atoms with Crippen LogP contribution >= 0.6 is 23.2 Å². The summed E-state index contributed by atoms with van der Waals surface area (Å²) in [5.41, 5.74) is 4.94. The first kappa shape index (κ1) is 15.2. The van der Waals surface area contributed by atoms with Crippen molar-refractivity contribution in [1.29, 1.82) is 0 Å². The molecule has 24 heavy (non-hydrogen) atoms. The van der Waals surface area contributed by atoms with Gasteiger partial charge in [-0.05, 0) is 24.6 Å². The van der Waals surface area contributed by atoms with Gasteiger partial charge in [-0.2, -0.15) is 5.10 Å². The van der Waals surface area contributed by atoms with E-state index in [1.165, 1.54) is 0 Å². The summed E-state index contributed by atoms with van der Waals surface area (Å²) < 4.78 is 0. The molecule has 0 saturated carbocycles. The first-order valence-electron chi connectivity index (χ1n) is 7.45. The molecule has 0 fully saturated rings. The normalized spacial score (nSPS) is 16.1. The van der Waals surface area contributed by atoms with Crippen molar-refractivity contribution >= 4 is 29.1 Å². The summed E-state index contributed by atoms with van der Waals surface area (Å²) >= 11 is 12.3. The molecule has 0 unspecified atom stereocenters. The molecule has 1 aromatic heterocycles. The Hall–Kier alpha value is -2.30. The molecule has 4 rings (SSSR count). The van der Waals surface area contributed by atoms with E-state index in [0.717, 1.165) is 27.9 Å². The molecular formula is C18H13Cl2N3O. The number of carbonyl (C=O) groups excluding carboxylic acids is 1. The molecule has 0 bridgehead atoms. The summed E-state index contributed by atoms with van der Waals surface area (Å²) in [5.74, 6) is -0.188. The van der Waals surface area contributed by atoms with E-state index in [1.807, 2.05) is 37.3 Å². The molecule has 2 aromatic carbocycles. The van der Waals surface area contributed by atoms with Crippen molar-refractivity contribution in [3.8, 4) is 11.3 Å². The lowest BCUT2D eigenvalue weighted by atomic mass is 9.96. The number of hydrogen-bond acceptors (Lipinski definition) is 2. The maximum atomic E-state index is 12.3. The zero-order valence-corrected chi connectivity index (χ0v) is 14.2. The van der Waals surface area contributed by atoms with Gasteiger partial charge in [0.15, 0.2) is 0 Å². The lowest BCUT2D eigenvalue weighted by Crippen LogP contribution is -2.21. The zero-order chi connectivity index (χ0) is 16.8. The lowest BCUT2D eigenvalue weighted by molar-refractivity contribution is 0.0955.